The third-order valence-electron chi connectivity index (χ3n) is 8.86. The number of piperazine rings is 1. The largest absolute Gasteiger partial charge is 0.369 e. The second-order valence-electron chi connectivity index (χ2n) is 12.4. The highest BCUT2D eigenvalue weighted by atomic mass is 19.2. The van der Waals surface area contributed by atoms with Gasteiger partial charge in [-0.1, -0.05) is 64.8 Å². The third kappa shape index (κ3) is 9.29. The lowest BCUT2D eigenvalue weighted by Crippen LogP contribution is -2.45. The second kappa shape index (κ2) is 17.1. The molecule has 0 saturated carbocycles. The number of hydrogen-bond donors (Lipinski definition) is 1. The van der Waals surface area contributed by atoms with E-state index in [2.05, 4.69) is 82.5 Å². The fraction of sp³-hybridized carbons (Fsp3) is 0.474. The van der Waals surface area contributed by atoms with Crippen molar-refractivity contribution in [1.82, 2.24) is 24.2 Å². The van der Waals surface area contributed by atoms with E-state index in [-0.39, 0.29) is 5.92 Å². The molecule has 6 nitrogen and oxygen atoms in total. The lowest BCUT2D eigenvalue weighted by atomic mass is 10.00. The Morgan fingerprint density at radius 1 is 1.15 bits per heavy atom. The minimum absolute atomic E-state index is 0.0527. The number of benzene rings is 1. The summed E-state index contributed by atoms with van der Waals surface area (Å²) in [5.74, 6) is 6.74. The van der Waals surface area contributed by atoms with E-state index in [1.54, 1.807) is 18.5 Å². The van der Waals surface area contributed by atoms with Crippen LogP contribution in [-0.2, 0) is 6.42 Å². The molecule has 46 heavy (non-hydrogen) atoms. The molecule has 1 aromatic carbocycles. The van der Waals surface area contributed by atoms with E-state index in [1.165, 1.54) is 19.4 Å². The summed E-state index contributed by atoms with van der Waals surface area (Å²) < 4.78 is 29.4. The first-order valence-corrected chi connectivity index (χ1v) is 16.7. The van der Waals surface area contributed by atoms with Gasteiger partial charge in [-0.15, -0.1) is 5.92 Å². The summed E-state index contributed by atoms with van der Waals surface area (Å²) in [6.07, 6.45) is 13.0. The molecule has 3 heterocycles. The van der Waals surface area contributed by atoms with Crippen LogP contribution in [0.1, 0.15) is 70.2 Å². The van der Waals surface area contributed by atoms with Crippen LogP contribution < -0.4 is 5.32 Å². The zero-order valence-electron chi connectivity index (χ0n) is 28.3. The molecule has 1 N–H and O–H groups in total. The van der Waals surface area contributed by atoms with Gasteiger partial charge in [0.2, 0.25) is 0 Å². The van der Waals surface area contributed by atoms with Gasteiger partial charge in [0.05, 0.1) is 0 Å². The number of anilines is 2. The Morgan fingerprint density at radius 3 is 2.63 bits per heavy atom. The molecule has 246 valence electrons. The average molecular weight is 629 g/mol. The Balaban J connectivity index is 1.40. The zero-order valence-corrected chi connectivity index (χ0v) is 28.3. The topological polar surface area (TPSA) is 48.7 Å². The number of hydrogen-bond acceptors (Lipinski definition) is 5. The van der Waals surface area contributed by atoms with Gasteiger partial charge in [0.1, 0.15) is 12.5 Å². The molecule has 1 aliphatic heterocycles. The van der Waals surface area contributed by atoms with Crippen molar-refractivity contribution in [2.75, 3.05) is 44.7 Å². The van der Waals surface area contributed by atoms with Crippen molar-refractivity contribution in [3.8, 4) is 11.8 Å². The Hall–Kier alpha value is -3.96. The summed E-state index contributed by atoms with van der Waals surface area (Å²) in [6.45, 7) is 19.3. The molecule has 0 amide bonds. The van der Waals surface area contributed by atoms with E-state index in [0.29, 0.717) is 29.9 Å². The van der Waals surface area contributed by atoms with Crippen LogP contribution in [0.3, 0.4) is 0 Å². The smallest absolute Gasteiger partial charge is 0.180 e. The molecular formula is C38H50F2N6. The Bertz CT molecular complexity index is 1590. The van der Waals surface area contributed by atoms with Crippen LogP contribution in [-0.4, -0.2) is 63.6 Å². The first-order chi connectivity index (χ1) is 22.2. The normalized spacial score (nSPS) is 15.8. The van der Waals surface area contributed by atoms with E-state index >= 15 is 0 Å². The SMILES string of the molecule is C=C(c1ccc(Nc2nccn3c(C/C=C\C(CC(C)C#CCC)=C(\F)CF)cnc23)cc1C)N1CCN(CCC(C)CC)CC1. The predicted octanol–water partition coefficient (Wildman–Crippen LogP) is 8.54. The second-order valence-corrected chi connectivity index (χ2v) is 12.4. The van der Waals surface area contributed by atoms with Gasteiger partial charge in [0, 0.05) is 86.2 Å². The molecule has 4 rings (SSSR count). The number of nitrogens with zero attached hydrogens (tertiary/aromatic N) is 5. The predicted molar refractivity (Wildman–Crippen MR) is 187 cm³/mol. The maximum absolute atomic E-state index is 14.3. The number of halogens is 2. The molecule has 2 unspecified atom stereocenters. The fourth-order valence-corrected chi connectivity index (χ4v) is 5.76. The monoisotopic (exact) mass is 628 g/mol. The van der Waals surface area contributed by atoms with E-state index < -0.39 is 12.5 Å². The number of aromatic nitrogens is 3. The van der Waals surface area contributed by atoms with Crippen LogP contribution in [0.5, 0.6) is 0 Å². The summed E-state index contributed by atoms with van der Waals surface area (Å²) in [7, 11) is 0. The maximum atomic E-state index is 14.3. The molecule has 0 spiro atoms. The minimum Gasteiger partial charge on any atom is -0.369 e. The zero-order chi connectivity index (χ0) is 33.1. The Morgan fingerprint density at radius 2 is 1.93 bits per heavy atom. The van der Waals surface area contributed by atoms with Crippen molar-refractivity contribution in [3.05, 3.63) is 83.7 Å². The number of alkyl halides is 1. The molecule has 1 fully saturated rings. The average Bonchev–Trinajstić information content (AvgIpc) is 3.49. The highest BCUT2D eigenvalue weighted by molar-refractivity contribution is 5.73. The minimum atomic E-state index is -1.12. The number of imidazole rings is 1. The van der Waals surface area contributed by atoms with Crippen LogP contribution >= 0.6 is 0 Å². The van der Waals surface area contributed by atoms with Crippen molar-refractivity contribution >= 4 is 22.8 Å². The number of allylic oxidation sites excluding steroid dienone is 4. The first kappa shape index (κ1) is 34.9. The van der Waals surface area contributed by atoms with Gasteiger partial charge in [-0.3, -0.25) is 9.30 Å². The van der Waals surface area contributed by atoms with E-state index in [4.69, 9.17) is 0 Å². The van der Waals surface area contributed by atoms with Crippen molar-refractivity contribution in [2.45, 2.75) is 66.7 Å². The van der Waals surface area contributed by atoms with E-state index in [0.717, 1.165) is 66.7 Å². The summed E-state index contributed by atoms with van der Waals surface area (Å²) in [5.41, 5.74) is 6.25. The van der Waals surface area contributed by atoms with Crippen LogP contribution in [0, 0.1) is 30.6 Å². The van der Waals surface area contributed by atoms with Gasteiger partial charge in [-0.05, 0) is 55.5 Å². The molecule has 0 radical (unpaired) electrons. The lowest BCUT2D eigenvalue weighted by Gasteiger charge is -2.37. The number of rotatable bonds is 14. The molecule has 2 aromatic heterocycles. The van der Waals surface area contributed by atoms with E-state index in [1.807, 2.05) is 30.5 Å². The summed E-state index contributed by atoms with van der Waals surface area (Å²) in [4.78, 5) is 14.2. The van der Waals surface area contributed by atoms with Crippen molar-refractivity contribution in [3.63, 3.8) is 0 Å². The summed E-state index contributed by atoms with van der Waals surface area (Å²) in [5, 5.41) is 3.44. The lowest BCUT2D eigenvalue weighted by molar-refractivity contribution is 0.167. The number of nitrogens with one attached hydrogen (secondary N) is 1. The summed E-state index contributed by atoms with van der Waals surface area (Å²) >= 11 is 0. The quantitative estimate of drug-likeness (QED) is 0.143. The third-order valence-corrected chi connectivity index (χ3v) is 8.86. The Labute approximate surface area is 274 Å². The highest BCUT2D eigenvalue weighted by Crippen LogP contribution is 2.28. The number of aryl methyl sites for hydroxylation is 1. The fourth-order valence-electron chi connectivity index (χ4n) is 5.76. The van der Waals surface area contributed by atoms with E-state index in [9.17, 15) is 8.78 Å². The molecule has 3 aromatic rings. The van der Waals surface area contributed by atoms with Gasteiger partial charge >= 0.3 is 0 Å². The maximum Gasteiger partial charge on any atom is 0.180 e. The molecule has 8 heteroatoms. The number of fused-ring (bicyclic) bond motifs is 1. The highest BCUT2D eigenvalue weighted by Gasteiger charge is 2.20. The van der Waals surface area contributed by atoms with Crippen molar-refractivity contribution in [2.24, 2.45) is 11.8 Å². The van der Waals surface area contributed by atoms with Gasteiger partial charge in [0.15, 0.2) is 11.5 Å². The molecule has 1 aliphatic rings. The van der Waals surface area contributed by atoms with Crippen LogP contribution in [0.4, 0.5) is 20.3 Å². The molecule has 0 aliphatic carbocycles. The summed E-state index contributed by atoms with van der Waals surface area (Å²) in [6, 6.07) is 6.32. The molecule has 2 atom stereocenters. The van der Waals surface area contributed by atoms with Gasteiger partial charge in [-0.2, -0.15) is 0 Å². The van der Waals surface area contributed by atoms with Crippen molar-refractivity contribution in [1.29, 1.82) is 0 Å². The first-order valence-electron chi connectivity index (χ1n) is 16.7. The van der Waals surface area contributed by atoms with Crippen molar-refractivity contribution < 1.29 is 8.78 Å². The molecule has 0 bridgehead atoms. The van der Waals surface area contributed by atoms with Crippen LogP contribution in [0.2, 0.25) is 0 Å². The van der Waals surface area contributed by atoms with Crippen LogP contribution in [0.15, 0.2) is 66.9 Å². The van der Waals surface area contributed by atoms with Gasteiger partial charge in [-0.25, -0.2) is 18.7 Å². The Kier molecular flexibility index (Phi) is 13.0. The molecule has 1 saturated heterocycles. The van der Waals surface area contributed by atoms with Gasteiger partial charge in [0.25, 0.3) is 0 Å². The molecular weight excluding hydrogens is 578 g/mol. The van der Waals surface area contributed by atoms with Gasteiger partial charge < -0.3 is 10.2 Å². The van der Waals surface area contributed by atoms with Crippen LogP contribution in [0.25, 0.3) is 11.3 Å². The standard InChI is InChI=1S/C38H50F2N6/c1-7-9-11-29(4)24-32(36(40)26-39)12-10-13-34-27-42-38-37(41-17-19-46(34)38)43-33-14-15-35(30(5)25-33)31(6)45-22-20-44(21-23-45)18-16-28(3)8-2/h10,12,14-15,17,19,25,27-29H,6-8,13,16,18,20-24,26H2,1-5H3,(H,41,43)/b12-10-,36-32-.